The van der Waals surface area contributed by atoms with Crippen LogP contribution in [0.2, 0.25) is 5.02 Å². The number of carbonyl (C=O) groups is 6. The standard InChI is InChI=1S/C35H31ClN2O11S/c1-16(39)48-14-17-15-50-33-25(32(46)38(33)26(17)34(47)49-35(2,3)4)37-31(45)21-10-7-9-20(28(21)42)29(43)23-13-18(36)12-22(30(23)44)27(41)19-8-5-6-11-24(19)40/h5-13,25,33,40,42,44H,14-15H2,1-4H3,(H,37,45)/t25-,33-/m1/s1. The van der Waals surface area contributed by atoms with E-state index in [2.05, 4.69) is 5.32 Å². The fraction of sp³-hybridized carbons (Fsp3) is 0.257. The molecule has 0 unspecified atom stereocenters. The molecular weight excluding hydrogens is 692 g/mol. The number of nitrogens with one attached hydrogen (secondary N) is 1. The molecule has 5 rings (SSSR count). The monoisotopic (exact) mass is 722 g/mol. The van der Waals surface area contributed by atoms with Gasteiger partial charge in [-0.3, -0.25) is 28.9 Å². The van der Waals surface area contributed by atoms with Gasteiger partial charge in [0.1, 0.15) is 46.6 Å². The van der Waals surface area contributed by atoms with Crippen LogP contribution in [0.25, 0.3) is 0 Å². The molecule has 15 heteroatoms. The molecule has 2 amide bonds. The van der Waals surface area contributed by atoms with Crippen molar-refractivity contribution in [3.05, 3.63) is 98.7 Å². The smallest absolute Gasteiger partial charge is 0.355 e. The Balaban J connectivity index is 1.39. The summed E-state index contributed by atoms with van der Waals surface area (Å²) >= 11 is 7.41. The van der Waals surface area contributed by atoms with Crippen molar-refractivity contribution in [2.24, 2.45) is 0 Å². The van der Waals surface area contributed by atoms with Crippen LogP contribution in [0.3, 0.4) is 0 Å². The number of rotatable bonds is 9. The number of ketones is 2. The molecule has 2 aliphatic rings. The summed E-state index contributed by atoms with van der Waals surface area (Å²) in [6, 6.07) is 10.4. The molecule has 0 spiro atoms. The topological polar surface area (TPSA) is 197 Å². The number of phenols is 3. The third-order valence-electron chi connectivity index (χ3n) is 7.61. The van der Waals surface area contributed by atoms with Gasteiger partial charge in [-0.15, -0.1) is 11.8 Å². The van der Waals surface area contributed by atoms with Crippen molar-refractivity contribution in [2.75, 3.05) is 12.4 Å². The summed E-state index contributed by atoms with van der Waals surface area (Å²) in [5.41, 5.74) is -2.43. The maximum Gasteiger partial charge on any atom is 0.355 e. The van der Waals surface area contributed by atoms with Crippen LogP contribution in [0, 0.1) is 0 Å². The fourth-order valence-corrected chi connectivity index (χ4v) is 6.87. The number of phenolic OH excluding ortho intramolecular Hbond substituents is 3. The van der Waals surface area contributed by atoms with Crippen LogP contribution in [0.1, 0.15) is 69.9 Å². The highest BCUT2D eigenvalue weighted by molar-refractivity contribution is 8.00. The number of thioether (sulfide) groups is 1. The van der Waals surface area contributed by atoms with Gasteiger partial charge in [-0.25, -0.2) is 4.79 Å². The molecule has 3 aromatic rings. The van der Waals surface area contributed by atoms with Crippen LogP contribution in [-0.4, -0.2) is 84.9 Å². The Morgan fingerprint density at radius 2 is 1.48 bits per heavy atom. The first-order chi connectivity index (χ1) is 23.5. The predicted molar refractivity (Wildman–Crippen MR) is 180 cm³/mol. The number of nitrogens with zero attached hydrogens (tertiary/aromatic N) is 1. The molecule has 0 aromatic heterocycles. The minimum Gasteiger partial charge on any atom is -0.507 e. The molecule has 0 bridgehead atoms. The summed E-state index contributed by atoms with van der Waals surface area (Å²) in [6.07, 6.45) is 0. The van der Waals surface area contributed by atoms with Gasteiger partial charge in [0.15, 0.2) is 0 Å². The van der Waals surface area contributed by atoms with E-state index in [-0.39, 0.29) is 45.5 Å². The van der Waals surface area contributed by atoms with E-state index in [1.807, 2.05) is 0 Å². The van der Waals surface area contributed by atoms with Crippen LogP contribution in [-0.2, 0) is 23.9 Å². The largest absolute Gasteiger partial charge is 0.507 e. The average Bonchev–Trinajstić information content (AvgIpc) is 3.05. The van der Waals surface area contributed by atoms with E-state index < -0.39 is 75.0 Å². The number of esters is 2. The molecule has 0 saturated carbocycles. The molecule has 0 aliphatic carbocycles. The van der Waals surface area contributed by atoms with E-state index in [1.165, 1.54) is 66.1 Å². The summed E-state index contributed by atoms with van der Waals surface area (Å²) in [5, 5.41) is 33.9. The lowest BCUT2D eigenvalue weighted by Gasteiger charge is -2.49. The summed E-state index contributed by atoms with van der Waals surface area (Å²) in [6.45, 7) is 5.92. The second kappa shape index (κ2) is 13.9. The third kappa shape index (κ3) is 7.03. The minimum atomic E-state index is -1.14. The minimum absolute atomic E-state index is 0.0856. The number of amides is 2. The van der Waals surface area contributed by atoms with Gasteiger partial charge in [0.25, 0.3) is 11.8 Å². The molecule has 2 heterocycles. The van der Waals surface area contributed by atoms with E-state index in [0.717, 1.165) is 12.1 Å². The maximum atomic E-state index is 13.6. The first-order valence-corrected chi connectivity index (χ1v) is 16.5. The third-order valence-corrected chi connectivity index (χ3v) is 9.17. The Labute approximate surface area is 294 Å². The molecule has 0 radical (unpaired) electrons. The van der Waals surface area contributed by atoms with Gasteiger partial charge in [-0.05, 0) is 57.2 Å². The van der Waals surface area contributed by atoms with Gasteiger partial charge in [-0.1, -0.05) is 29.8 Å². The van der Waals surface area contributed by atoms with Crippen molar-refractivity contribution in [3.8, 4) is 17.2 Å². The molecule has 1 saturated heterocycles. The summed E-state index contributed by atoms with van der Waals surface area (Å²) in [7, 11) is 0. The number of hydrogen-bond donors (Lipinski definition) is 4. The number of hydrogen-bond acceptors (Lipinski definition) is 12. The number of carbonyl (C=O) groups excluding carboxylic acids is 6. The van der Waals surface area contributed by atoms with Crippen molar-refractivity contribution in [1.82, 2.24) is 10.2 Å². The van der Waals surface area contributed by atoms with Gasteiger partial charge in [0.2, 0.25) is 11.6 Å². The summed E-state index contributed by atoms with van der Waals surface area (Å²) in [4.78, 5) is 79.4. The molecule has 3 aromatic carbocycles. The number of fused-ring (bicyclic) bond motifs is 1. The van der Waals surface area contributed by atoms with Crippen LogP contribution in [0.5, 0.6) is 17.2 Å². The molecule has 50 heavy (non-hydrogen) atoms. The zero-order valence-corrected chi connectivity index (χ0v) is 28.7. The number of benzene rings is 3. The van der Waals surface area contributed by atoms with Crippen molar-refractivity contribution < 1.29 is 53.6 Å². The number of halogens is 1. The van der Waals surface area contributed by atoms with Gasteiger partial charge < -0.3 is 30.1 Å². The quantitative estimate of drug-likeness (QED) is 0.140. The zero-order chi connectivity index (χ0) is 36.7. The Bertz CT molecular complexity index is 2000. The van der Waals surface area contributed by atoms with Crippen LogP contribution < -0.4 is 5.32 Å². The number of ether oxygens (including phenoxy) is 2. The Kier molecular flexibility index (Phi) is 9.98. The van der Waals surface area contributed by atoms with Crippen molar-refractivity contribution in [3.63, 3.8) is 0 Å². The Morgan fingerprint density at radius 3 is 2.10 bits per heavy atom. The van der Waals surface area contributed by atoms with E-state index in [9.17, 15) is 44.1 Å². The first-order valence-electron chi connectivity index (χ1n) is 15.1. The maximum absolute atomic E-state index is 13.6. The van der Waals surface area contributed by atoms with E-state index >= 15 is 0 Å². The van der Waals surface area contributed by atoms with Crippen molar-refractivity contribution in [2.45, 2.75) is 44.7 Å². The highest BCUT2D eigenvalue weighted by Gasteiger charge is 2.55. The molecular formula is C35H31ClN2O11S. The predicted octanol–water partition coefficient (Wildman–Crippen LogP) is 4.09. The van der Waals surface area contributed by atoms with E-state index in [1.54, 1.807) is 20.8 Å². The van der Waals surface area contributed by atoms with Crippen LogP contribution >= 0.6 is 23.4 Å². The van der Waals surface area contributed by atoms with Gasteiger partial charge >= 0.3 is 11.9 Å². The Morgan fingerprint density at radius 1 is 0.900 bits per heavy atom. The zero-order valence-electron chi connectivity index (χ0n) is 27.1. The molecule has 260 valence electrons. The van der Waals surface area contributed by atoms with Gasteiger partial charge in [0, 0.05) is 23.3 Å². The average molecular weight is 723 g/mol. The fourth-order valence-electron chi connectivity index (χ4n) is 5.33. The van der Waals surface area contributed by atoms with E-state index in [4.69, 9.17) is 21.1 Å². The van der Waals surface area contributed by atoms with Crippen LogP contribution in [0.4, 0.5) is 0 Å². The van der Waals surface area contributed by atoms with Crippen molar-refractivity contribution >= 4 is 58.7 Å². The van der Waals surface area contributed by atoms with E-state index in [0.29, 0.717) is 5.57 Å². The second-order valence-electron chi connectivity index (χ2n) is 12.3. The normalized spacial score (nSPS) is 17.0. The van der Waals surface area contributed by atoms with Crippen LogP contribution in [0.15, 0.2) is 65.9 Å². The second-order valence-corrected chi connectivity index (χ2v) is 13.9. The lowest BCUT2D eigenvalue weighted by molar-refractivity contribution is -0.158. The molecule has 4 N–H and O–H groups in total. The first kappa shape index (κ1) is 36.0. The molecule has 13 nitrogen and oxygen atoms in total. The lowest BCUT2D eigenvalue weighted by atomic mass is 9.94. The summed E-state index contributed by atoms with van der Waals surface area (Å²) in [5.74, 6) is -6.50. The number of para-hydroxylation sites is 2. The van der Waals surface area contributed by atoms with Gasteiger partial charge in [-0.2, -0.15) is 0 Å². The summed E-state index contributed by atoms with van der Waals surface area (Å²) < 4.78 is 10.6. The Hall–Kier alpha value is -5.34. The van der Waals surface area contributed by atoms with Gasteiger partial charge in [0.05, 0.1) is 27.8 Å². The molecule has 1 fully saturated rings. The molecule has 2 aliphatic heterocycles. The van der Waals surface area contributed by atoms with Crippen molar-refractivity contribution in [1.29, 1.82) is 0 Å². The highest BCUT2D eigenvalue weighted by Crippen LogP contribution is 2.42. The highest BCUT2D eigenvalue weighted by atomic mass is 35.5. The molecule has 2 atom stereocenters. The SMILES string of the molecule is CC(=O)OCC1=C(C(=O)OC(C)(C)C)N2C(=O)[C@@H](NC(=O)c3cccc(C(=O)c4cc(Cl)cc(C(=O)c5ccccc5O)c4O)c3O)[C@H]2SC1. The lowest BCUT2D eigenvalue weighted by Crippen LogP contribution is -2.70. The number of aromatic hydroxyl groups is 3. The number of β-lactam (4-membered cyclic amide) rings is 1.